The van der Waals surface area contributed by atoms with Crippen molar-refractivity contribution in [2.45, 2.75) is 0 Å². The van der Waals surface area contributed by atoms with Gasteiger partial charge >= 0.3 is 6.16 Å². The van der Waals surface area contributed by atoms with Gasteiger partial charge in [-0.15, -0.1) is 5.06 Å². The zero-order valence-corrected chi connectivity index (χ0v) is 5.45. The van der Waals surface area contributed by atoms with E-state index in [0.29, 0.717) is 26.3 Å². The van der Waals surface area contributed by atoms with Gasteiger partial charge in [0.05, 0.1) is 26.3 Å². The van der Waals surface area contributed by atoms with Crippen LogP contribution in [0.5, 0.6) is 0 Å². The molecule has 1 saturated heterocycles. The van der Waals surface area contributed by atoms with Crippen molar-refractivity contribution in [2.75, 3.05) is 26.3 Å². The summed E-state index contributed by atoms with van der Waals surface area (Å²) in [7, 11) is 0. The first kappa shape index (κ1) is 7.30. The number of carbonyl (C=O) groups is 1. The number of rotatable bonds is 1. The SMILES string of the molecule is O=C(O)ON1CCOCC1. The second kappa shape index (κ2) is 3.38. The Morgan fingerprint density at radius 1 is 1.50 bits per heavy atom. The molecule has 0 spiro atoms. The minimum atomic E-state index is -1.26. The largest absolute Gasteiger partial charge is 0.525 e. The fourth-order valence-electron chi connectivity index (χ4n) is 0.748. The Hall–Kier alpha value is -0.810. The number of hydrogen-bond donors (Lipinski definition) is 1. The lowest BCUT2D eigenvalue weighted by Gasteiger charge is -2.23. The second-order valence-corrected chi connectivity index (χ2v) is 1.90. The maximum Gasteiger partial charge on any atom is 0.525 e. The molecule has 1 rings (SSSR count). The van der Waals surface area contributed by atoms with Crippen molar-refractivity contribution in [3.05, 3.63) is 0 Å². The summed E-state index contributed by atoms with van der Waals surface area (Å²) in [5.41, 5.74) is 0. The van der Waals surface area contributed by atoms with Gasteiger partial charge in [0.15, 0.2) is 0 Å². The molecule has 0 bridgehead atoms. The highest BCUT2D eigenvalue weighted by atomic mass is 16.8. The Balaban J connectivity index is 2.19. The zero-order valence-electron chi connectivity index (χ0n) is 5.45. The fourth-order valence-corrected chi connectivity index (χ4v) is 0.748. The maximum atomic E-state index is 9.96. The molecule has 0 saturated carbocycles. The summed E-state index contributed by atoms with van der Waals surface area (Å²) in [6.07, 6.45) is -1.26. The van der Waals surface area contributed by atoms with Gasteiger partial charge in [0.25, 0.3) is 0 Å². The van der Waals surface area contributed by atoms with Crippen molar-refractivity contribution in [3.63, 3.8) is 0 Å². The summed E-state index contributed by atoms with van der Waals surface area (Å²) in [6.45, 7) is 2.11. The minimum Gasteiger partial charge on any atom is -0.448 e. The highest BCUT2D eigenvalue weighted by Gasteiger charge is 2.13. The Labute approximate surface area is 58.1 Å². The Bertz CT molecular complexity index is 121. The van der Waals surface area contributed by atoms with E-state index in [9.17, 15) is 4.79 Å². The van der Waals surface area contributed by atoms with Crippen molar-refractivity contribution < 1.29 is 19.5 Å². The summed E-state index contributed by atoms with van der Waals surface area (Å²) in [5.74, 6) is 0. The molecule has 1 fully saturated rings. The van der Waals surface area contributed by atoms with E-state index in [2.05, 4.69) is 4.84 Å². The van der Waals surface area contributed by atoms with Crippen LogP contribution in [0.4, 0.5) is 4.79 Å². The van der Waals surface area contributed by atoms with E-state index in [4.69, 9.17) is 9.84 Å². The van der Waals surface area contributed by atoms with Crippen LogP contribution >= 0.6 is 0 Å². The first-order chi connectivity index (χ1) is 4.79. The van der Waals surface area contributed by atoms with E-state index >= 15 is 0 Å². The number of carboxylic acid groups (broad SMARTS) is 1. The van der Waals surface area contributed by atoms with Crippen molar-refractivity contribution in [2.24, 2.45) is 0 Å². The first-order valence-corrected chi connectivity index (χ1v) is 3.02. The Morgan fingerprint density at radius 2 is 2.10 bits per heavy atom. The quantitative estimate of drug-likeness (QED) is 0.562. The van der Waals surface area contributed by atoms with Gasteiger partial charge in [0.1, 0.15) is 0 Å². The smallest absolute Gasteiger partial charge is 0.448 e. The molecule has 0 atom stereocenters. The molecule has 0 aromatic rings. The molecular formula is C5H9NO4. The van der Waals surface area contributed by atoms with E-state index in [1.54, 1.807) is 0 Å². The van der Waals surface area contributed by atoms with Gasteiger partial charge < -0.3 is 14.7 Å². The third-order valence-corrected chi connectivity index (χ3v) is 1.18. The van der Waals surface area contributed by atoms with Crippen molar-refractivity contribution >= 4 is 6.16 Å². The summed E-state index contributed by atoms with van der Waals surface area (Å²) >= 11 is 0. The third-order valence-electron chi connectivity index (χ3n) is 1.18. The van der Waals surface area contributed by atoms with Crippen LogP contribution in [-0.2, 0) is 9.57 Å². The molecule has 10 heavy (non-hydrogen) atoms. The normalized spacial score (nSPS) is 20.4. The third kappa shape index (κ3) is 2.20. The lowest BCUT2D eigenvalue weighted by molar-refractivity contribution is -0.159. The zero-order chi connectivity index (χ0) is 7.40. The molecule has 0 amide bonds. The molecule has 5 heteroatoms. The van der Waals surface area contributed by atoms with Crippen molar-refractivity contribution in [1.29, 1.82) is 0 Å². The molecular weight excluding hydrogens is 138 g/mol. The molecule has 1 N–H and O–H groups in total. The van der Waals surface area contributed by atoms with Crippen LogP contribution in [0.2, 0.25) is 0 Å². The highest BCUT2D eigenvalue weighted by Crippen LogP contribution is 1.96. The molecule has 58 valence electrons. The summed E-state index contributed by atoms with van der Waals surface area (Å²) in [6, 6.07) is 0. The van der Waals surface area contributed by atoms with E-state index < -0.39 is 6.16 Å². The Kier molecular flexibility index (Phi) is 2.47. The predicted molar refractivity (Wildman–Crippen MR) is 31.5 cm³/mol. The molecule has 1 aliphatic rings. The number of hydrogen-bond acceptors (Lipinski definition) is 4. The van der Waals surface area contributed by atoms with E-state index in [0.717, 1.165) is 0 Å². The monoisotopic (exact) mass is 147 g/mol. The standard InChI is InChI=1S/C5H9NO4/c7-5(8)10-6-1-3-9-4-2-6/h1-4H2,(H,7,8). The molecule has 0 radical (unpaired) electrons. The molecule has 0 unspecified atom stereocenters. The van der Waals surface area contributed by atoms with Gasteiger partial charge in [-0.3, -0.25) is 0 Å². The Morgan fingerprint density at radius 3 is 2.60 bits per heavy atom. The molecule has 0 aromatic heterocycles. The van der Waals surface area contributed by atoms with Crippen LogP contribution in [0.3, 0.4) is 0 Å². The number of ether oxygens (including phenoxy) is 1. The van der Waals surface area contributed by atoms with Crippen LogP contribution in [0, 0.1) is 0 Å². The minimum absolute atomic E-state index is 0.520. The number of hydroxylamine groups is 2. The average Bonchev–Trinajstić information content (AvgIpc) is 1.88. The second-order valence-electron chi connectivity index (χ2n) is 1.90. The lowest BCUT2D eigenvalue weighted by Crippen LogP contribution is -2.37. The summed E-state index contributed by atoms with van der Waals surface area (Å²) in [4.78, 5) is 14.3. The maximum absolute atomic E-state index is 9.96. The van der Waals surface area contributed by atoms with Crippen LogP contribution in [0.1, 0.15) is 0 Å². The van der Waals surface area contributed by atoms with E-state index in [1.165, 1.54) is 5.06 Å². The number of nitrogens with zero attached hydrogens (tertiary/aromatic N) is 1. The molecule has 0 aromatic carbocycles. The molecule has 5 nitrogen and oxygen atoms in total. The van der Waals surface area contributed by atoms with Gasteiger partial charge in [0.2, 0.25) is 0 Å². The molecule has 1 heterocycles. The lowest BCUT2D eigenvalue weighted by atomic mass is 10.5. The highest BCUT2D eigenvalue weighted by molar-refractivity contribution is 5.56. The number of morpholine rings is 1. The van der Waals surface area contributed by atoms with E-state index in [-0.39, 0.29) is 0 Å². The van der Waals surface area contributed by atoms with Crippen molar-refractivity contribution in [3.8, 4) is 0 Å². The fraction of sp³-hybridized carbons (Fsp3) is 0.800. The van der Waals surface area contributed by atoms with Crippen LogP contribution in [0.15, 0.2) is 0 Å². The van der Waals surface area contributed by atoms with Crippen molar-refractivity contribution in [1.82, 2.24) is 5.06 Å². The van der Waals surface area contributed by atoms with Crippen LogP contribution in [0.25, 0.3) is 0 Å². The average molecular weight is 147 g/mol. The van der Waals surface area contributed by atoms with E-state index in [1.807, 2.05) is 0 Å². The van der Waals surface area contributed by atoms with Gasteiger partial charge in [-0.2, -0.15) is 0 Å². The van der Waals surface area contributed by atoms with Gasteiger partial charge in [-0.05, 0) is 0 Å². The predicted octanol–water partition coefficient (Wildman–Crippen LogP) is -0.0718. The van der Waals surface area contributed by atoms with Gasteiger partial charge in [-0.25, -0.2) is 4.79 Å². The molecule has 1 aliphatic heterocycles. The van der Waals surface area contributed by atoms with Gasteiger partial charge in [0, 0.05) is 0 Å². The first-order valence-electron chi connectivity index (χ1n) is 3.02. The van der Waals surface area contributed by atoms with Crippen LogP contribution in [-0.4, -0.2) is 42.6 Å². The molecule has 0 aliphatic carbocycles. The summed E-state index contributed by atoms with van der Waals surface area (Å²) < 4.78 is 4.97. The summed E-state index contributed by atoms with van der Waals surface area (Å²) in [5, 5.41) is 9.53. The van der Waals surface area contributed by atoms with Crippen LogP contribution < -0.4 is 0 Å². The van der Waals surface area contributed by atoms with Gasteiger partial charge in [-0.1, -0.05) is 0 Å². The topological polar surface area (TPSA) is 59.0 Å².